The van der Waals surface area contributed by atoms with E-state index in [2.05, 4.69) is 11.9 Å². The SMILES string of the molecule is C=CCOC1CCCN(C(=O)N[C@H](C(=O)O)C2CCCC2)C1. The summed E-state index contributed by atoms with van der Waals surface area (Å²) in [5, 5.41) is 12.1. The van der Waals surface area contributed by atoms with E-state index in [1.54, 1.807) is 11.0 Å². The maximum Gasteiger partial charge on any atom is 0.326 e. The summed E-state index contributed by atoms with van der Waals surface area (Å²) in [5.74, 6) is -0.879. The number of carbonyl (C=O) groups is 2. The van der Waals surface area contributed by atoms with Crippen LogP contribution >= 0.6 is 0 Å². The molecule has 6 heteroatoms. The number of hydrogen-bond acceptors (Lipinski definition) is 3. The normalized spacial score (nSPS) is 24.0. The van der Waals surface area contributed by atoms with Gasteiger partial charge in [0.15, 0.2) is 0 Å². The summed E-state index contributed by atoms with van der Waals surface area (Å²) in [5.41, 5.74) is 0. The zero-order valence-corrected chi connectivity index (χ0v) is 13.0. The molecule has 0 spiro atoms. The highest BCUT2D eigenvalue weighted by Crippen LogP contribution is 2.28. The summed E-state index contributed by atoms with van der Waals surface area (Å²) in [7, 11) is 0. The zero-order valence-electron chi connectivity index (χ0n) is 13.0. The summed E-state index contributed by atoms with van der Waals surface area (Å²) >= 11 is 0. The average molecular weight is 310 g/mol. The molecule has 1 saturated carbocycles. The molecule has 2 rings (SSSR count). The summed E-state index contributed by atoms with van der Waals surface area (Å²) in [4.78, 5) is 25.5. The molecule has 1 unspecified atom stereocenters. The van der Waals surface area contributed by atoms with Gasteiger partial charge in [-0.3, -0.25) is 0 Å². The maximum absolute atomic E-state index is 12.4. The lowest BCUT2D eigenvalue weighted by molar-refractivity contribution is -0.140. The first-order valence-electron chi connectivity index (χ1n) is 8.12. The van der Waals surface area contributed by atoms with Crippen molar-refractivity contribution in [2.75, 3.05) is 19.7 Å². The predicted octanol–water partition coefficient (Wildman–Crippen LogP) is 2.01. The van der Waals surface area contributed by atoms with Gasteiger partial charge in [-0.15, -0.1) is 6.58 Å². The lowest BCUT2D eigenvalue weighted by atomic mass is 9.98. The van der Waals surface area contributed by atoms with Crippen molar-refractivity contribution in [2.45, 2.75) is 50.7 Å². The van der Waals surface area contributed by atoms with Crippen molar-refractivity contribution in [2.24, 2.45) is 5.92 Å². The Morgan fingerprint density at radius 2 is 2.05 bits per heavy atom. The molecule has 1 aliphatic heterocycles. The Balaban J connectivity index is 1.88. The molecule has 2 fully saturated rings. The van der Waals surface area contributed by atoms with E-state index in [0.29, 0.717) is 19.7 Å². The molecule has 1 aliphatic carbocycles. The Hall–Kier alpha value is -1.56. The van der Waals surface area contributed by atoms with Crippen LogP contribution in [0.2, 0.25) is 0 Å². The van der Waals surface area contributed by atoms with Gasteiger partial charge in [0.05, 0.1) is 12.7 Å². The molecule has 0 aromatic rings. The fourth-order valence-corrected chi connectivity index (χ4v) is 3.36. The van der Waals surface area contributed by atoms with Crippen molar-refractivity contribution in [1.29, 1.82) is 0 Å². The third-order valence-corrected chi connectivity index (χ3v) is 4.53. The molecule has 1 saturated heterocycles. The molecule has 0 bridgehead atoms. The van der Waals surface area contributed by atoms with Crippen LogP contribution in [0.3, 0.4) is 0 Å². The molecule has 2 aliphatic rings. The number of urea groups is 1. The number of rotatable bonds is 6. The second kappa shape index (κ2) is 8.17. The summed E-state index contributed by atoms with van der Waals surface area (Å²) in [6.45, 7) is 5.25. The van der Waals surface area contributed by atoms with Gasteiger partial charge in [0.25, 0.3) is 0 Å². The van der Waals surface area contributed by atoms with Crippen molar-refractivity contribution < 1.29 is 19.4 Å². The number of carbonyl (C=O) groups excluding carboxylic acids is 1. The van der Waals surface area contributed by atoms with Gasteiger partial charge in [0.2, 0.25) is 0 Å². The second-order valence-corrected chi connectivity index (χ2v) is 6.14. The first-order valence-corrected chi connectivity index (χ1v) is 8.12. The van der Waals surface area contributed by atoms with Crippen LogP contribution in [0.1, 0.15) is 38.5 Å². The summed E-state index contributed by atoms with van der Waals surface area (Å²) in [6, 6.07) is -1.06. The lowest BCUT2D eigenvalue weighted by Gasteiger charge is -2.34. The quantitative estimate of drug-likeness (QED) is 0.736. The fraction of sp³-hybridized carbons (Fsp3) is 0.750. The molecule has 1 heterocycles. The predicted molar refractivity (Wildman–Crippen MR) is 82.7 cm³/mol. The van der Waals surface area contributed by atoms with Crippen LogP contribution < -0.4 is 5.32 Å². The van der Waals surface area contributed by atoms with E-state index >= 15 is 0 Å². The Bertz CT molecular complexity index is 407. The van der Waals surface area contributed by atoms with E-state index in [9.17, 15) is 14.7 Å². The van der Waals surface area contributed by atoms with E-state index in [-0.39, 0.29) is 18.1 Å². The van der Waals surface area contributed by atoms with Crippen LogP contribution in [-0.4, -0.2) is 53.8 Å². The number of nitrogens with zero attached hydrogens (tertiary/aromatic N) is 1. The van der Waals surface area contributed by atoms with Gasteiger partial charge >= 0.3 is 12.0 Å². The molecular weight excluding hydrogens is 284 g/mol. The van der Waals surface area contributed by atoms with Gasteiger partial charge in [0, 0.05) is 13.1 Å². The van der Waals surface area contributed by atoms with Crippen molar-refractivity contribution in [3.05, 3.63) is 12.7 Å². The van der Waals surface area contributed by atoms with E-state index in [4.69, 9.17) is 4.74 Å². The Morgan fingerprint density at radius 1 is 1.32 bits per heavy atom. The highest BCUT2D eigenvalue weighted by molar-refractivity contribution is 5.83. The van der Waals surface area contributed by atoms with Gasteiger partial charge < -0.3 is 20.1 Å². The number of aliphatic carboxylic acids is 1. The van der Waals surface area contributed by atoms with Crippen molar-refractivity contribution in [1.82, 2.24) is 10.2 Å². The van der Waals surface area contributed by atoms with E-state index in [1.165, 1.54) is 0 Å². The number of ether oxygens (including phenoxy) is 1. The van der Waals surface area contributed by atoms with Crippen LogP contribution in [0.4, 0.5) is 4.79 Å². The molecule has 0 aromatic carbocycles. The Kier molecular flexibility index (Phi) is 6.24. The monoisotopic (exact) mass is 310 g/mol. The number of piperidine rings is 1. The molecular formula is C16H26N2O4. The number of nitrogens with one attached hydrogen (secondary N) is 1. The third kappa shape index (κ3) is 4.47. The van der Waals surface area contributed by atoms with Gasteiger partial charge in [-0.2, -0.15) is 0 Å². The summed E-state index contributed by atoms with van der Waals surface area (Å²) in [6.07, 6.45) is 7.34. The topological polar surface area (TPSA) is 78.9 Å². The smallest absolute Gasteiger partial charge is 0.326 e. The van der Waals surface area contributed by atoms with Crippen LogP contribution in [-0.2, 0) is 9.53 Å². The number of amides is 2. The minimum Gasteiger partial charge on any atom is -0.480 e. The summed E-state index contributed by atoms with van der Waals surface area (Å²) < 4.78 is 5.61. The maximum atomic E-state index is 12.4. The van der Waals surface area contributed by atoms with Crippen LogP contribution in [0.5, 0.6) is 0 Å². The number of carboxylic acids is 1. The molecule has 2 atom stereocenters. The van der Waals surface area contributed by atoms with Crippen LogP contribution in [0.25, 0.3) is 0 Å². The zero-order chi connectivity index (χ0) is 15.9. The average Bonchev–Trinajstić information content (AvgIpc) is 3.04. The molecule has 124 valence electrons. The minimum atomic E-state index is -0.934. The number of likely N-dealkylation sites (tertiary alicyclic amines) is 1. The molecule has 2 N–H and O–H groups in total. The number of hydrogen-bond donors (Lipinski definition) is 2. The second-order valence-electron chi connectivity index (χ2n) is 6.14. The lowest BCUT2D eigenvalue weighted by Crippen LogP contribution is -2.53. The highest BCUT2D eigenvalue weighted by Gasteiger charge is 2.34. The van der Waals surface area contributed by atoms with Crippen LogP contribution in [0, 0.1) is 5.92 Å². The van der Waals surface area contributed by atoms with E-state index in [0.717, 1.165) is 38.5 Å². The van der Waals surface area contributed by atoms with Gasteiger partial charge in [-0.05, 0) is 31.6 Å². The fourth-order valence-electron chi connectivity index (χ4n) is 3.36. The first-order chi connectivity index (χ1) is 10.6. The molecule has 22 heavy (non-hydrogen) atoms. The van der Waals surface area contributed by atoms with Crippen molar-refractivity contribution in [3.8, 4) is 0 Å². The molecule has 2 amide bonds. The highest BCUT2D eigenvalue weighted by atomic mass is 16.5. The Labute approximate surface area is 131 Å². The Morgan fingerprint density at radius 3 is 2.68 bits per heavy atom. The minimum absolute atomic E-state index is 0.00672. The largest absolute Gasteiger partial charge is 0.480 e. The standard InChI is InChI=1S/C16H26N2O4/c1-2-10-22-13-8-5-9-18(11-13)16(21)17-14(15(19)20)12-6-3-4-7-12/h2,12-14H,1,3-11H2,(H,17,21)(H,19,20)/t13?,14-/m0/s1. The van der Waals surface area contributed by atoms with Gasteiger partial charge in [-0.25, -0.2) is 9.59 Å². The number of carboxylic acid groups (broad SMARTS) is 1. The van der Waals surface area contributed by atoms with Gasteiger partial charge in [-0.1, -0.05) is 18.9 Å². The van der Waals surface area contributed by atoms with E-state index in [1.807, 2.05) is 0 Å². The third-order valence-electron chi connectivity index (χ3n) is 4.53. The van der Waals surface area contributed by atoms with Gasteiger partial charge in [0.1, 0.15) is 6.04 Å². The van der Waals surface area contributed by atoms with Crippen LogP contribution in [0.15, 0.2) is 12.7 Å². The van der Waals surface area contributed by atoms with E-state index < -0.39 is 12.0 Å². The first kappa shape index (κ1) is 16.8. The van der Waals surface area contributed by atoms with Crippen molar-refractivity contribution in [3.63, 3.8) is 0 Å². The van der Waals surface area contributed by atoms with Crippen molar-refractivity contribution >= 4 is 12.0 Å². The molecule has 0 aromatic heterocycles. The molecule has 6 nitrogen and oxygen atoms in total. The molecule has 0 radical (unpaired) electrons.